The first-order chi connectivity index (χ1) is 8.20. The number of nitrogens with zero attached hydrogens (tertiary/aromatic N) is 3. The zero-order chi connectivity index (χ0) is 12.3. The van der Waals surface area contributed by atoms with Gasteiger partial charge in [-0.1, -0.05) is 23.2 Å². The second-order valence-electron chi connectivity index (χ2n) is 3.47. The van der Waals surface area contributed by atoms with Crippen molar-refractivity contribution in [2.24, 2.45) is 0 Å². The van der Waals surface area contributed by atoms with Crippen molar-refractivity contribution in [3.63, 3.8) is 0 Å². The summed E-state index contributed by atoms with van der Waals surface area (Å²) < 4.78 is 1.82. The van der Waals surface area contributed by atoms with E-state index in [-0.39, 0.29) is 0 Å². The molecule has 1 heterocycles. The van der Waals surface area contributed by atoms with Crippen LogP contribution >= 0.6 is 23.2 Å². The van der Waals surface area contributed by atoms with Gasteiger partial charge in [0.1, 0.15) is 12.2 Å². The average Bonchev–Trinajstić information content (AvgIpc) is 2.77. The maximum Gasteiger partial charge on any atom is 0.146 e. The molecule has 1 N–H and O–H groups in total. The van der Waals surface area contributed by atoms with Crippen LogP contribution in [-0.4, -0.2) is 14.8 Å². The molecule has 0 aliphatic heterocycles. The summed E-state index contributed by atoms with van der Waals surface area (Å²) in [6.45, 7) is 3.37. The lowest BCUT2D eigenvalue weighted by atomic mass is 10.3. The Labute approximate surface area is 110 Å². The van der Waals surface area contributed by atoms with Crippen molar-refractivity contribution >= 4 is 28.9 Å². The highest BCUT2D eigenvalue weighted by Gasteiger charge is 2.04. The summed E-state index contributed by atoms with van der Waals surface area (Å²) in [7, 11) is 0. The molecule has 0 saturated carbocycles. The summed E-state index contributed by atoms with van der Waals surface area (Å²) in [6, 6.07) is 5.30. The van der Waals surface area contributed by atoms with Crippen molar-refractivity contribution < 1.29 is 0 Å². The van der Waals surface area contributed by atoms with Crippen molar-refractivity contribution in [2.75, 3.05) is 5.32 Å². The first-order valence-corrected chi connectivity index (χ1v) is 6.02. The predicted molar refractivity (Wildman–Crippen MR) is 69.5 cm³/mol. The van der Waals surface area contributed by atoms with E-state index in [1.54, 1.807) is 24.5 Å². The SMILES string of the molecule is CCn1ncnc1CNc1cc(Cl)ccc1Cl. The Morgan fingerprint density at radius 1 is 1.35 bits per heavy atom. The minimum absolute atomic E-state index is 0.563. The molecule has 1 aromatic carbocycles. The van der Waals surface area contributed by atoms with Crippen LogP contribution in [0.25, 0.3) is 0 Å². The van der Waals surface area contributed by atoms with Gasteiger partial charge >= 0.3 is 0 Å². The second-order valence-corrected chi connectivity index (χ2v) is 4.31. The van der Waals surface area contributed by atoms with Crippen LogP contribution in [0, 0.1) is 0 Å². The second kappa shape index (κ2) is 5.38. The molecule has 0 radical (unpaired) electrons. The highest BCUT2D eigenvalue weighted by molar-refractivity contribution is 6.35. The molecule has 0 aliphatic carbocycles. The number of aromatic nitrogens is 3. The molecule has 0 saturated heterocycles. The van der Waals surface area contributed by atoms with Gasteiger partial charge in [0.25, 0.3) is 0 Å². The van der Waals surface area contributed by atoms with E-state index in [0.717, 1.165) is 18.1 Å². The van der Waals surface area contributed by atoms with Crippen LogP contribution in [0.5, 0.6) is 0 Å². The molecule has 0 unspecified atom stereocenters. The topological polar surface area (TPSA) is 42.7 Å². The van der Waals surface area contributed by atoms with Crippen LogP contribution in [0.2, 0.25) is 10.0 Å². The molecule has 4 nitrogen and oxygen atoms in total. The van der Waals surface area contributed by atoms with E-state index in [0.29, 0.717) is 16.6 Å². The molecule has 0 atom stereocenters. The van der Waals surface area contributed by atoms with E-state index in [4.69, 9.17) is 23.2 Å². The fraction of sp³-hybridized carbons (Fsp3) is 0.273. The molecule has 0 aliphatic rings. The van der Waals surface area contributed by atoms with Gasteiger partial charge in [-0.3, -0.25) is 0 Å². The Balaban J connectivity index is 2.09. The number of benzene rings is 1. The normalized spacial score (nSPS) is 10.5. The lowest BCUT2D eigenvalue weighted by molar-refractivity contribution is 0.622. The van der Waals surface area contributed by atoms with Crippen molar-refractivity contribution in [1.82, 2.24) is 14.8 Å². The lowest BCUT2D eigenvalue weighted by Gasteiger charge is -2.08. The smallest absolute Gasteiger partial charge is 0.146 e. The summed E-state index contributed by atoms with van der Waals surface area (Å²) in [5.74, 6) is 0.864. The van der Waals surface area contributed by atoms with Crippen LogP contribution in [0.3, 0.4) is 0 Å². The van der Waals surface area contributed by atoms with Crippen LogP contribution < -0.4 is 5.32 Å². The van der Waals surface area contributed by atoms with Gasteiger partial charge in [0.15, 0.2) is 0 Å². The largest absolute Gasteiger partial charge is 0.377 e. The van der Waals surface area contributed by atoms with Gasteiger partial charge in [-0.2, -0.15) is 5.10 Å². The van der Waals surface area contributed by atoms with E-state index in [1.807, 2.05) is 11.6 Å². The molecule has 0 bridgehead atoms. The predicted octanol–water partition coefficient (Wildman–Crippen LogP) is 3.22. The molecule has 0 amide bonds. The number of halogens is 2. The van der Waals surface area contributed by atoms with Gasteiger partial charge in [0, 0.05) is 11.6 Å². The first kappa shape index (κ1) is 12.2. The van der Waals surface area contributed by atoms with Gasteiger partial charge in [0.2, 0.25) is 0 Å². The molecule has 17 heavy (non-hydrogen) atoms. The van der Waals surface area contributed by atoms with E-state index in [9.17, 15) is 0 Å². The summed E-state index contributed by atoms with van der Waals surface area (Å²) in [5.41, 5.74) is 0.796. The average molecular weight is 271 g/mol. The van der Waals surface area contributed by atoms with Crippen LogP contribution in [0.1, 0.15) is 12.7 Å². The highest BCUT2D eigenvalue weighted by atomic mass is 35.5. The molecule has 1 aromatic heterocycles. The third-order valence-electron chi connectivity index (χ3n) is 2.36. The quantitative estimate of drug-likeness (QED) is 0.928. The molecule has 6 heteroatoms. The van der Waals surface area contributed by atoms with E-state index < -0.39 is 0 Å². The lowest BCUT2D eigenvalue weighted by Crippen LogP contribution is -2.09. The highest BCUT2D eigenvalue weighted by Crippen LogP contribution is 2.25. The fourth-order valence-corrected chi connectivity index (χ4v) is 1.85. The summed E-state index contributed by atoms with van der Waals surface area (Å²) in [6.07, 6.45) is 1.54. The number of hydrogen-bond acceptors (Lipinski definition) is 3. The molecule has 2 rings (SSSR count). The third kappa shape index (κ3) is 2.90. The summed E-state index contributed by atoms with van der Waals surface area (Å²) in [4.78, 5) is 4.17. The van der Waals surface area contributed by atoms with Crippen LogP contribution in [0.4, 0.5) is 5.69 Å². The van der Waals surface area contributed by atoms with Crippen molar-refractivity contribution in [2.45, 2.75) is 20.0 Å². The van der Waals surface area contributed by atoms with Gasteiger partial charge in [-0.25, -0.2) is 9.67 Å². The zero-order valence-corrected chi connectivity index (χ0v) is 10.8. The monoisotopic (exact) mass is 270 g/mol. The van der Waals surface area contributed by atoms with Crippen LogP contribution in [-0.2, 0) is 13.1 Å². The number of nitrogens with one attached hydrogen (secondary N) is 1. The Hall–Kier alpha value is -1.26. The van der Waals surface area contributed by atoms with Gasteiger partial charge in [-0.05, 0) is 25.1 Å². The molecule has 2 aromatic rings. The van der Waals surface area contributed by atoms with Crippen molar-refractivity contribution in [3.05, 3.63) is 40.4 Å². The van der Waals surface area contributed by atoms with Crippen molar-refractivity contribution in [3.8, 4) is 0 Å². The van der Waals surface area contributed by atoms with E-state index >= 15 is 0 Å². The Bertz CT molecular complexity index is 510. The Kier molecular flexibility index (Phi) is 3.86. The van der Waals surface area contributed by atoms with Gasteiger partial charge < -0.3 is 5.32 Å². The first-order valence-electron chi connectivity index (χ1n) is 5.26. The Morgan fingerprint density at radius 2 is 2.18 bits per heavy atom. The molecule has 90 valence electrons. The summed E-state index contributed by atoms with van der Waals surface area (Å²) in [5, 5.41) is 8.57. The van der Waals surface area contributed by atoms with Crippen LogP contribution in [0.15, 0.2) is 24.5 Å². The van der Waals surface area contributed by atoms with Gasteiger partial charge in [0.05, 0.1) is 17.3 Å². The Morgan fingerprint density at radius 3 is 2.94 bits per heavy atom. The molecular formula is C11H12Cl2N4. The molecular weight excluding hydrogens is 259 g/mol. The maximum atomic E-state index is 6.05. The molecule has 0 fully saturated rings. The van der Waals surface area contributed by atoms with Crippen molar-refractivity contribution in [1.29, 1.82) is 0 Å². The maximum absolute atomic E-state index is 6.05. The number of aryl methyl sites for hydroxylation is 1. The molecule has 0 spiro atoms. The summed E-state index contributed by atoms with van der Waals surface area (Å²) >= 11 is 12.0. The third-order valence-corrected chi connectivity index (χ3v) is 2.93. The zero-order valence-electron chi connectivity index (χ0n) is 9.32. The van der Waals surface area contributed by atoms with Gasteiger partial charge in [-0.15, -0.1) is 0 Å². The number of rotatable bonds is 4. The van der Waals surface area contributed by atoms with E-state index in [1.165, 1.54) is 0 Å². The van der Waals surface area contributed by atoms with E-state index in [2.05, 4.69) is 15.4 Å². The number of hydrogen-bond donors (Lipinski definition) is 1. The minimum atomic E-state index is 0.563. The standard InChI is InChI=1S/C11H12Cl2N4/c1-2-17-11(15-7-16-17)6-14-10-5-8(12)3-4-9(10)13/h3-5,7,14H,2,6H2,1H3. The fourth-order valence-electron chi connectivity index (χ4n) is 1.50. The minimum Gasteiger partial charge on any atom is -0.377 e. The number of anilines is 1.